The number of aliphatic hydroxyl groups excluding tert-OH is 2. The molecule has 0 aliphatic heterocycles. The van der Waals surface area contributed by atoms with E-state index in [0.29, 0.717) is 18.3 Å². The van der Waals surface area contributed by atoms with E-state index in [9.17, 15) is 34.5 Å². The standard InChI is InChI=1S/C23H24N2O7/c1-25(2)13-7-11-5-10-6-12-9(8-26)3-4-14(27)17(12)21(30)15(10)20(29)16(11)22(31)18(19(13)28)23(24)32/h3-4,8,10-11,13,16,27-29H,5-7H2,1-2H3,(H2,24,32)/t10?,11-,13?,16?/m0/s1. The van der Waals surface area contributed by atoms with Crippen molar-refractivity contribution in [2.45, 2.75) is 25.3 Å². The molecule has 168 valence electrons. The first-order valence-corrected chi connectivity index (χ1v) is 10.3. The van der Waals surface area contributed by atoms with Crippen LogP contribution < -0.4 is 5.73 Å². The number of phenols is 1. The van der Waals surface area contributed by atoms with E-state index in [1.165, 1.54) is 12.1 Å². The number of likely N-dealkylation sites (N-methyl/N-ethyl adjacent to an activating group) is 1. The molecule has 9 nitrogen and oxygen atoms in total. The molecule has 1 aromatic carbocycles. The number of aldehydes is 1. The van der Waals surface area contributed by atoms with Crippen molar-refractivity contribution in [2.24, 2.45) is 23.5 Å². The van der Waals surface area contributed by atoms with Crippen LogP contribution in [0.2, 0.25) is 0 Å². The number of aromatic hydroxyl groups is 1. The number of nitrogens with two attached hydrogens (primary N) is 1. The predicted octanol–water partition coefficient (Wildman–Crippen LogP) is 1.21. The molecule has 0 aromatic heterocycles. The monoisotopic (exact) mass is 440 g/mol. The lowest BCUT2D eigenvalue weighted by atomic mass is 9.64. The summed E-state index contributed by atoms with van der Waals surface area (Å²) >= 11 is 0. The minimum Gasteiger partial charge on any atom is -0.511 e. The Morgan fingerprint density at radius 3 is 2.41 bits per heavy atom. The molecule has 0 radical (unpaired) electrons. The highest BCUT2D eigenvalue weighted by Crippen LogP contribution is 2.49. The van der Waals surface area contributed by atoms with E-state index in [4.69, 9.17) is 5.73 Å². The van der Waals surface area contributed by atoms with E-state index in [1.807, 2.05) is 0 Å². The third-order valence-electron chi connectivity index (χ3n) is 6.91. The highest BCUT2D eigenvalue weighted by atomic mass is 16.3. The van der Waals surface area contributed by atoms with Crippen molar-refractivity contribution in [1.29, 1.82) is 0 Å². The highest BCUT2D eigenvalue weighted by molar-refractivity contribution is 6.22. The van der Waals surface area contributed by atoms with Gasteiger partial charge in [-0.2, -0.15) is 0 Å². The molecule has 0 saturated carbocycles. The fraction of sp³-hybridized carbons (Fsp3) is 0.391. The third kappa shape index (κ3) is 3.03. The normalized spacial score (nSPS) is 27.6. The van der Waals surface area contributed by atoms with Crippen molar-refractivity contribution in [2.75, 3.05) is 14.1 Å². The van der Waals surface area contributed by atoms with Gasteiger partial charge in [0.05, 0.1) is 17.5 Å². The fourth-order valence-electron chi connectivity index (χ4n) is 5.44. The molecule has 1 aromatic rings. The van der Waals surface area contributed by atoms with Crippen molar-refractivity contribution in [3.05, 3.63) is 51.5 Å². The largest absolute Gasteiger partial charge is 0.511 e. The molecule has 4 rings (SSSR count). The maximum Gasteiger partial charge on any atom is 0.255 e. The number of fused-ring (bicyclic) bond motifs is 3. The van der Waals surface area contributed by atoms with Crippen molar-refractivity contribution in [3.63, 3.8) is 0 Å². The number of benzene rings is 1. The average Bonchev–Trinajstić information content (AvgIpc) is 2.82. The van der Waals surface area contributed by atoms with Crippen molar-refractivity contribution < 1.29 is 34.5 Å². The quantitative estimate of drug-likeness (QED) is 0.403. The summed E-state index contributed by atoms with van der Waals surface area (Å²) in [6.45, 7) is 0. The molecule has 3 aliphatic rings. The van der Waals surface area contributed by atoms with Crippen molar-refractivity contribution >= 4 is 23.8 Å². The number of hydrogen-bond donors (Lipinski definition) is 4. The van der Waals surface area contributed by atoms with Gasteiger partial charge in [-0.05, 0) is 62.9 Å². The van der Waals surface area contributed by atoms with Crippen LogP contribution in [0.15, 0.2) is 34.8 Å². The minimum absolute atomic E-state index is 0.00272. The van der Waals surface area contributed by atoms with Crippen molar-refractivity contribution in [1.82, 2.24) is 4.90 Å². The number of allylic oxidation sites excluding steroid dienone is 2. The number of rotatable bonds is 3. The Hall–Kier alpha value is -3.46. The smallest absolute Gasteiger partial charge is 0.255 e. The molecule has 3 aliphatic carbocycles. The first kappa shape index (κ1) is 21.8. The number of carbonyl (C=O) groups excluding carboxylic acids is 4. The third-order valence-corrected chi connectivity index (χ3v) is 6.91. The summed E-state index contributed by atoms with van der Waals surface area (Å²) < 4.78 is 0. The SMILES string of the molecule is CN(C)C1C[C@@H]2CC3Cc4c(C=O)ccc(O)c4C(=O)C3=C(O)C2C(=O)C(C(N)=O)=C1O. The van der Waals surface area contributed by atoms with E-state index in [-0.39, 0.29) is 35.3 Å². The molecular formula is C23H24N2O7. The molecule has 0 fully saturated rings. The number of phenolic OH excluding ortho intramolecular Hbond substituents is 1. The van der Waals surface area contributed by atoms with Gasteiger partial charge >= 0.3 is 0 Å². The Bertz CT molecular complexity index is 1130. The van der Waals surface area contributed by atoms with E-state index in [1.54, 1.807) is 19.0 Å². The van der Waals surface area contributed by atoms with Crippen LogP contribution in [0.1, 0.15) is 39.1 Å². The van der Waals surface area contributed by atoms with Crippen molar-refractivity contribution in [3.8, 4) is 5.75 Å². The first-order chi connectivity index (χ1) is 15.1. The lowest BCUT2D eigenvalue weighted by molar-refractivity contribution is -0.124. The van der Waals surface area contributed by atoms with Gasteiger partial charge in [0.1, 0.15) is 29.1 Å². The highest BCUT2D eigenvalue weighted by Gasteiger charge is 2.50. The predicted molar refractivity (Wildman–Crippen MR) is 112 cm³/mol. The summed E-state index contributed by atoms with van der Waals surface area (Å²) in [5.74, 6) is -5.97. The van der Waals surface area contributed by atoms with Crippen LogP contribution in [0.3, 0.4) is 0 Å². The lowest BCUT2D eigenvalue weighted by Crippen LogP contribution is -2.40. The van der Waals surface area contributed by atoms with Gasteiger partial charge in [-0.25, -0.2) is 0 Å². The lowest BCUT2D eigenvalue weighted by Gasteiger charge is -2.39. The van der Waals surface area contributed by atoms with Gasteiger partial charge in [-0.3, -0.25) is 24.1 Å². The zero-order valence-electron chi connectivity index (χ0n) is 17.7. The van der Waals surface area contributed by atoms with Gasteiger partial charge in [0, 0.05) is 11.1 Å². The number of carbonyl (C=O) groups is 4. The molecule has 3 unspecified atom stereocenters. The molecule has 1 amide bonds. The maximum absolute atomic E-state index is 13.3. The van der Waals surface area contributed by atoms with Crippen LogP contribution in [0.25, 0.3) is 0 Å². The maximum atomic E-state index is 13.3. The van der Waals surface area contributed by atoms with E-state index < -0.39 is 58.4 Å². The van der Waals surface area contributed by atoms with E-state index in [2.05, 4.69) is 0 Å². The molecule has 32 heavy (non-hydrogen) atoms. The molecular weight excluding hydrogens is 416 g/mol. The second-order valence-corrected chi connectivity index (χ2v) is 8.85. The minimum atomic E-state index is -1.21. The zero-order valence-corrected chi connectivity index (χ0v) is 17.7. The Kier molecular flexibility index (Phi) is 5.16. The summed E-state index contributed by atoms with van der Waals surface area (Å²) in [7, 11) is 3.38. The number of primary amides is 1. The van der Waals surface area contributed by atoms with Crippen LogP contribution in [0.5, 0.6) is 5.75 Å². The Balaban J connectivity index is 1.89. The van der Waals surface area contributed by atoms with Gasteiger partial charge < -0.3 is 21.1 Å². The van der Waals surface area contributed by atoms with Crippen LogP contribution in [0.4, 0.5) is 0 Å². The summed E-state index contributed by atoms with van der Waals surface area (Å²) in [5.41, 5.74) is 5.45. The second-order valence-electron chi connectivity index (χ2n) is 8.85. The van der Waals surface area contributed by atoms with Crippen LogP contribution >= 0.6 is 0 Å². The number of ketones is 2. The van der Waals surface area contributed by atoms with Gasteiger partial charge in [0.15, 0.2) is 11.6 Å². The number of aliphatic hydroxyl groups is 2. The van der Waals surface area contributed by atoms with Crippen LogP contribution in [-0.4, -0.2) is 64.1 Å². The van der Waals surface area contributed by atoms with Crippen LogP contribution in [0, 0.1) is 17.8 Å². The van der Waals surface area contributed by atoms with Gasteiger partial charge in [0.2, 0.25) is 0 Å². The first-order valence-electron chi connectivity index (χ1n) is 10.3. The van der Waals surface area contributed by atoms with Gasteiger partial charge in [-0.1, -0.05) is 0 Å². The van der Waals surface area contributed by atoms with Gasteiger partial charge in [0.25, 0.3) is 5.91 Å². The molecule has 0 heterocycles. The molecule has 0 bridgehead atoms. The van der Waals surface area contributed by atoms with Gasteiger partial charge in [-0.15, -0.1) is 0 Å². The molecule has 0 spiro atoms. The Morgan fingerprint density at radius 1 is 1.12 bits per heavy atom. The second kappa shape index (κ2) is 7.59. The summed E-state index contributed by atoms with van der Waals surface area (Å²) in [6, 6.07) is 2.01. The van der Waals surface area contributed by atoms with E-state index >= 15 is 0 Å². The summed E-state index contributed by atoms with van der Waals surface area (Å²) in [5, 5.41) is 32.1. The summed E-state index contributed by atoms with van der Waals surface area (Å²) in [6.07, 6.45) is 1.42. The topological polar surface area (TPSA) is 158 Å². The average molecular weight is 440 g/mol. The summed E-state index contributed by atoms with van der Waals surface area (Å²) in [4.78, 5) is 51.8. The molecule has 9 heteroatoms. The number of hydrogen-bond acceptors (Lipinski definition) is 8. The molecule has 5 N–H and O–H groups in total. The van der Waals surface area contributed by atoms with E-state index in [0.717, 1.165) is 0 Å². The number of nitrogens with zero attached hydrogens (tertiary/aromatic N) is 1. The Morgan fingerprint density at radius 2 is 1.81 bits per heavy atom. The molecule has 4 atom stereocenters. The zero-order chi connectivity index (χ0) is 23.5. The number of amides is 1. The molecule has 0 saturated heterocycles. The number of Topliss-reactive ketones (excluding diaryl/α,β-unsaturated/α-hetero) is 2. The fourth-order valence-corrected chi connectivity index (χ4v) is 5.44. The Labute approximate surface area is 183 Å². The van der Waals surface area contributed by atoms with Crippen LogP contribution in [-0.2, 0) is 16.0 Å².